The topological polar surface area (TPSA) is 69.9 Å². The first-order valence-electron chi connectivity index (χ1n) is 11.8. The SMILES string of the molecule is C=CCn1c(SCC(=O)c2ccc(OC)cc2)nnc1-c1cc(-c2cccs2)nc2cc(C)c(C)cc12. The number of hydrogen-bond acceptors (Lipinski definition) is 7. The summed E-state index contributed by atoms with van der Waals surface area (Å²) in [5.74, 6) is 1.71. The number of ketones is 1. The number of aryl methyl sites for hydroxylation is 2. The van der Waals surface area contributed by atoms with Crippen LogP contribution in [-0.2, 0) is 6.54 Å². The Morgan fingerprint density at radius 2 is 1.89 bits per heavy atom. The van der Waals surface area contributed by atoms with E-state index >= 15 is 0 Å². The first-order chi connectivity index (χ1) is 18.0. The van der Waals surface area contributed by atoms with Crippen LogP contribution in [0.2, 0.25) is 0 Å². The van der Waals surface area contributed by atoms with Crippen LogP contribution in [0.3, 0.4) is 0 Å². The molecule has 0 fully saturated rings. The fraction of sp³-hybridized carbons (Fsp3) is 0.172. The molecule has 0 unspecified atom stereocenters. The van der Waals surface area contributed by atoms with Crippen molar-refractivity contribution in [1.29, 1.82) is 0 Å². The Bertz CT molecular complexity index is 1590. The lowest BCUT2D eigenvalue weighted by Gasteiger charge is -2.13. The van der Waals surface area contributed by atoms with Crippen LogP contribution in [0.5, 0.6) is 5.75 Å². The molecule has 37 heavy (non-hydrogen) atoms. The van der Waals surface area contributed by atoms with Crippen LogP contribution in [0.1, 0.15) is 21.5 Å². The summed E-state index contributed by atoms with van der Waals surface area (Å²) in [6.07, 6.45) is 1.82. The molecule has 3 heterocycles. The minimum absolute atomic E-state index is 0.0165. The average molecular weight is 527 g/mol. The number of benzene rings is 2. The molecule has 186 valence electrons. The second-order valence-electron chi connectivity index (χ2n) is 8.63. The number of Topliss-reactive ketones (excluding diaryl/α,β-unsaturated/α-hetero) is 1. The van der Waals surface area contributed by atoms with E-state index in [0.29, 0.717) is 17.3 Å². The van der Waals surface area contributed by atoms with Crippen molar-refractivity contribution in [3.05, 3.63) is 89.3 Å². The number of pyridine rings is 1. The molecule has 8 heteroatoms. The van der Waals surface area contributed by atoms with Crippen LogP contribution in [0.25, 0.3) is 32.9 Å². The number of methoxy groups -OCH3 is 1. The van der Waals surface area contributed by atoms with E-state index in [1.807, 2.05) is 16.7 Å². The zero-order valence-corrected chi connectivity index (χ0v) is 22.5. The Morgan fingerprint density at radius 3 is 2.59 bits per heavy atom. The number of rotatable bonds is 9. The molecular weight excluding hydrogens is 500 g/mol. The van der Waals surface area contributed by atoms with E-state index in [1.54, 1.807) is 42.7 Å². The van der Waals surface area contributed by atoms with Crippen LogP contribution in [0, 0.1) is 13.8 Å². The van der Waals surface area contributed by atoms with Crippen molar-refractivity contribution in [1.82, 2.24) is 19.7 Å². The number of carbonyl (C=O) groups excluding carboxylic acids is 1. The van der Waals surface area contributed by atoms with Crippen LogP contribution >= 0.6 is 23.1 Å². The summed E-state index contributed by atoms with van der Waals surface area (Å²) in [6, 6.07) is 17.6. The van der Waals surface area contributed by atoms with E-state index in [1.165, 1.54) is 22.9 Å². The summed E-state index contributed by atoms with van der Waals surface area (Å²) in [5.41, 5.74) is 5.79. The smallest absolute Gasteiger partial charge is 0.192 e. The third-order valence-corrected chi connectivity index (χ3v) is 8.07. The Labute approximate surface area is 224 Å². The molecule has 5 aromatic rings. The molecule has 0 spiro atoms. The molecule has 5 rings (SSSR count). The normalized spacial score (nSPS) is 11.1. The van der Waals surface area contributed by atoms with Gasteiger partial charge in [-0.3, -0.25) is 9.36 Å². The van der Waals surface area contributed by atoms with E-state index in [0.717, 1.165) is 38.6 Å². The van der Waals surface area contributed by atoms with Crippen molar-refractivity contribution in [2.24, 2.45) is 0 Å². The minimum Gasteiger partial charge on any atom is -0.497 e. The summed E-state index contributed by atoms with van der Waals surface area (Å²) in [7, 11) is 1.61. The number of allylic oxidation sites excluding steroid dienone is 1. The van der Waals surface area contributed by atoms with Gasteiger partial charge in [-0.1, -0.05) is 23.9 Å². The van der Waals surface area contributed by atoms with Gasteiger partial charge in [0, 0.05) is 23.1 Å². The lowest BCUT2D eigenvalue weighted by Crippen LogP contribution is -2.06. The van der Waals surface area contributed by atoms with E-state index in [9.17, 15) is 4.79 Å². The zero-order chi connectivity index (χ0) is 25.9. The van der Waals surface area contributed by atoms with Gasteiger partial charge in [-0.2, -0.15) is 0 Å². The van der Waals surface area contributed by atoms with Crippen molar-refractivity contribution >= 4 is 39.8 Å². The highest BCUT2D eigenvalue weighted by Crippen LogP contribution is 2.35. The lowest BCUT2D eigenvalue weighted by molar-refractivity contribution is 0.102. The van der Waals surface area contributed by atoms with E-state index in [-0.39, 0.29) is 11.5 Å². The number of thioether (sulfide) groups is 1. The average Bonchev–Trinajstić information content (AvgIpc) is 3.59. The predicted octanol–water partition coefficient (Wildman–Crippen LogP) is 7.01. The van der Waals surface area contributed by atoms with Gasteiger partial charge in [0.1, 0.15) is 5.75 Å². The van der Waals surface area contributed by atoms with Gasteiger partial charge in [0.15, 0.2) is 16.8 Å². The highest BCUT2D eigenvalue weighted by molar-refractivity contribution is 7.99. The van der Waals surface area contributed by atoms with Crippen molar-refractivity contribution in [2.75, 3.05) is 12.9 Å². The van der Waals surface area contributed by atoms with Gasteiger partial charge in [0.2, 0.25) is 0 Å². The monoisotopic (exact) mass is 526 g/mol. The summed E-state index contributed by atoms with van der Waals surface area (Å²) in [5, 5.41) is 12.8. The third-order valence-electron chi connectivity index (χ3n) is 6.21. The number of hydrogen-bond donors (Lipinski definition) is 0. The van der Waals surface area contributed by atoms with Gasteiger partial charge in [0.25, 0.3) is 0 Å². The molecule has 0 radical (unpaired) electrons. The number of ether oxygens (including phenoxy) is 1. The van der Waals surface area contributed by atoms with Crippen LogP contribution < -0.4 is 4.74 Å². The van der Waals surface area contributed by atoms with Gasteiger partial charge >= 0.3 is 0 Å². The molecule has 0 bridgehead atoms. The van der Waals surface area contributed by atoms with Gasteiger partial charge in [0.05, 0.1) is 29.0 Å². The highest BCUT2D eigenvalue weighted by atomic mass is 32.2. The molecule has 0 saturated carbocycles. The summed E-state index contributed by atoms with van der Waals surface area (Å²) in [6.45, 7) is 8.66. The maximum Gasteiger partial charge on any atom is 0.192 e. The maximum atomic E-state index is 12.8. The maximum absolute atomic E-state index is 12.8. The van der Waals surface area contributed by atoms with Gasteiger partial charge < -0.3 is 4.74 Å². The summed E-state index contributed by atoms with van der Waals surface area (Å²) in [4.78, 5) is 18.9. The number of fused-ring (bicyclic) bond motifs is 1. The molecule has 0 atom stereocenters. The molecule has 2 aromatic carbocycles. The largest absolute Gasteiger partial charge is 0.497 e. The Morgan fingerprint density at radius 1 is 1.11 bits per heavy atom. The standard InChI is InChI=1S/C29H26N4O2S2/c1-5-12-33-28(31-32-29(33)37-17-26(34)20-8-10-21(35-4)11-9-20)23-16-25(27-7-6-13-36-27)30-24-15-19(3)18(2)14-22(23)24/h5-11,13-16H,1,12,17H2,2-4H3. The van der Waals surface area contributed by atoms with Crippen molar-refractivity contribution < 1.29 is 9.53 Å². The fourth-order valence-corrected chi connectivity index (χ4v) is 5.63. The zero-order valence-electron chi connectivity index (χ0n) is 20.9. The predicted molar refractivity (Wildman–Crippen MR) is 152 cm³/mol. The first-order valence-corrected chi connectivity index (χ1v) is 13.7. The number of carbonyl (C=O) groups is 1. The van der Waals surface area contributed by atoms with Crippen LogP contribution in [-0.4, -0.2) is 38.4 Å². The first kappa shape index (κ1) is 24.9. The van der Waals surface area contributed by atoms with Crippen molar-refractivity contribution in [3.63, 3.8) is 0 Å². The van der Waals surface area contributed by atoms with Crippen molar-refractivity contribution in [3.8, 4) is 27.7 Å². The molecule has 0 amide bonds. The molecule has 0 aliphatic heterocycles. The van der Waals surface area contributed by atoms with Crippen LogP contribution in [0.15, 0.2) is 77.8 Å². The highest BCUT2D eigenvalue weighted by Gasteiger charge is 2.20. The summed E-state index contributed by atoms with van der Waals surface area (Å²) < 4.78 is 7.21. The van der Waals surface area contributed by atoms with E-state index in [4.69, 9.17) is 9.72 Å². The summed E-state index contributed by atoms with van der Waals surface area (Å²) >= 11 is 3.03. The molecule has 6 nitrogen and oxygen atoms in total. The molecule has 0 aliphatic carbocycles. The van der Waals surface area contributed by atoms with Gasteiger partial charge in [-0.25, -0.2) is 4.98 Å². The second kappa shape index (κ2) is 10.7. The molecular formula is C29H26N4O2S2. The molecule has 0 N–H and O–H groups in total. The molecule has 3 aromatic heterocycles. The Balaban J connectivity index is 1.54. The number of nitrogens with zero attached hydrogens (tertiary/aromatic N) is 4. The molecule has 0 aliphatic rings. The van der Waals surface area contributed by atoms with E-state index < -0.39 is 0 Å². The quantitative estimate of drug-likeness (QED) is 0.117. The van der Waals surface area contributed by atoms with Gasteiger partial charge in [-0.05, 0) is 78.9 Å². The minimum atomic E-state index is 0.0165. The Hall–Kier alpha value is -3.75. The number of aromatic nitrogens is 4. The lowest BCUT2D eigenvalue weighted by atomic mass is 10.0. The molecule has 0 saturated heterocycles. The van der Waals surface area contributed by atoms with Crippen molar-refractivity contribution in [2.45, 2.75) is 25.5 Å². The second-order valence-corrected chi connectivity index (χ2v) is 10.5. The fourth-order valence-electron chi connectivity index (χ4n) is 4.10. The van der Waals surface area contributed by atoms with E-state index in [2.05, 4.69) is 60.3 Å². The van der Waals surface area contributed by atoms with Gasteiger partial charge in [-0.15, -0.1) is 28.1 Å². The third kappa shape index (κ3) is 5.08. The number of thiophene rings is 1. The van der Waals surface area contributed by atoms with Crippen LogP contribution in [0.4, 0.5) is 0 Å². The Kier molecular flexibility index (Phi) is 7.21.